The molecular formula is C20H21N3O. The van der Waals surface area contributed by atoms with Gasteiger partial charge in [-0.15, -0.1) is 0 Å². The second-order valence-corrected chi connectivity index (χ2v) is 6.40. The highest BCUT2D eigenvalue weighted by Gasteiger charge is 2.46. The van der Waals surface area contributed by atoms with E-state index in [4.69, 9.17) is 5.26 Å². The van der Waals surface area contributed by atoms with E-state index in [0.29, 0.717) is 13.0 Å². The van der Waals surface area contributed by atoms with Crippen LogP contribution in [0.25, 0.3) is 0 Å². The summed E-state index contributed by atoms with van der Waals surface area (Å²) in [5.41, 5.74) is 4.36. The number of nitrogens with zero attached hydrogens (tertiary/aromatic N) is 3. The van der Waals surface area contributed by atoms with Gasteiger partial charge >= 0.3 is 0 Å². The molecule has 122 valence electrons. The van der Waals surface area contributed by atoms with Crippen molar-refractivity contribution in [2.24, 2.45) is 5.92 Å². The van der Waals surface area contributed by atoms with Gasteiger partial charge in [0.05, 0.1) is 12.5 Å². The molecule has 1 aliphatic carbocycles. The standard InChI is InChI=1S/C20H21N3O/c1-14-6-7-17(11-15(14)2)23(10-4-8-21)20(24)19-12-18(19)16-5-3-9-22-13-16/h3,5-7,9,11,13,18-19H,4,10,12H2,1-2H3. The maximum atomic E-state index is 13.0. The zero-order chi connectivity index (χ0) is 17.1. The summed E-state index contributed by atoms with van der Waals surface area (Å²) in [6, 6.07) is 12.1. The molecule has 1 saturated carbocycles. The normalized spacial score (nSPS) is 18.7. The number of nitriles is 1. The number of pyridine rings is 1. The van der Waals surface area contributed by atoms with Crippen molar-refractivity contribution in [1.82, 2.24) is 4.98 Å². The van der Waals surface area contributed by atoms with Gasteiger partial charge in [0, 0.05) is 30.5 Å². The van der Waals surface area contributed by atoms with E-state index in [1.54, 1.807) is 11.1 Å². The fourth-order valence-corrected chi connectivity index (χ4v) is 3.05. The van der Waals surface area contributed by atoms with Crippen molar-refractivity contribution >= 4 is 11.6 Å². The molecule has 24 heavy (non-hydrogen) atoms. The van der Waals surface area contributed by atoms with Crippen molar-refractivity contribution in [3.63, 3.8) is 0 Å². The molecule has 1 aliphatic rings. The lowest BCUT2D eigenvalue weighted by molar-refractivity contribution is -0.119. The number of carbonyl (C=O) groups excluding carboxylic acids is 1. The topological polar surface area (TPSA) is 57.0 Å². The van der Waals surface area contributed by atoms with Gasteiger partial charge in [-0.1, -0.05) is 12.1 Å². The molecule has 0 aliphatic heterocycles. The maximum Gasteiger partial charge on any atom is 0.230 e. The van der Waals surface area contributed by atoms with Gasteiger partial charge in [0.2, 0.25) is 5.91 Å². The first kappa shape index (κ1) is 16.2. The summed E-state index contributed by atoms with van der Waals surface area (Å²) < 4.78 is 0. The van der Waals surface area contributed by atoms with E-state index >= 15 is 0 Å². The molecule has 1 heterocycles. The monoisotopic (exact) mass is 319 g/mol. The van der Waals surface area contributed by atoms with Crippen LogP contribution in [-0.2, 0) is 4.79 Å². The first-order valence-electron chi connectivity index (χ1n) is 8.27. The Morgan fingerprint density at radius 3 is 2.83 bits per heavy atom. The second-order valence-electron chi connectivity index (χ2n) is 6.40. The maximum absolute atomic E-state index is 13.0. The molecule has 1 amide bonds. The van der Waals surface area contributed by atoms with E-state index in [0.717, 1.165) is 23.2 Å². The smallest absolute Gasteiger partial charge is 0.230 e. The molecule has 0 radical (unpaired) electrons. The summed E-state index contributed by atoms with van der Waals surface area (Å²) in [7, 11) is 0. The quantitative estimate of drug-likeness (QED) is 0.843. The van der Waals surface area contributed by atoms with Gasteiger partial charge in [0.25, 0.3) is 0 Å². The summed E-state index contributed by atoms with van der Waals surface area (Å²) in [4.78, 5) is 18.9. The molecular weight excluding hydrogens is 298 g/mol. The Morgan fingerprint density at radius 2 is 2.17 bits per heavy atom. The third-order valence-electron chi connectivity index (χ3n) is 4.74. The lowest BCUT2D eigenvalue weighted by Gasteiger charge is -2.23. The Morgan fingerprint density at radius 1 is 1.33 bits per heavy atom. The van der Waals surface area contributed by atoms with Gasteiger partial charge in [-0.2, -0.15) is 5.26 Å². The Balaban J connectivity index is 1.80. The summed E-state index contributed by atoms with van der Waals surface area (Å²) in [5, 5.41) is 8.93. The molecule has 2 atom stereocenters. The summed E-state index contributed by atoms with van der Waals surface area (Å²) in [5.74, 6) is 0.360. The highest BCUT2D eigenvalue weighted by Crippen LogP contribution is 2.48. The van der Waals surface area contributed by atoms with Crippen molar-refractivity contribution in [3.8, 4) is 6.07 Å². The van der Waals surface area contributed by atoms with Crippen molar-refractivity contribution < 1.29 is 4.79 Å². The third kappa shape index (κ3) is 3.30. The number of anilines is 1. The molecule has 0 spiro atoms. The summed E-state index contributed by atoms with van der Waals surface area (Å²) in [6.45, 7) is 4.54. The fourth-order valence-electron chi connectivity index (χ4n) is 3.05. The van der Waals surface area contributed by atoms with Crippen molar-refractivity contribution in [2.45, 2.75) is 32.6 Å². The number of carbonyl (C=O) groups is 1. The Bertz CT molecular complexity index is 779. The zero-order valence-electron chi connectivity index (χ0n) is 14.1. The number of hydrogen-bond acceptors (Lipinski definition) is 3. The Hall–Kier alpha value is -2.67. The molecule has 0 bridgehead atoms. The average molecular weight is 319 g/mol. The second kappa shape index (κ2) is 6.84. The lowest BCUT2D eigenvalue weighted by atomic mass is 10.1. The Kier molecular flexibility index (Phi) is 4.61. The average Bonchev–Trinajstić information content (AvgIpc) is 3.39. The number of rotatable bonds is 5. The predicted octanol–water partition coefficient (Wildman–Crippen LogP) is 3.75. The van der Waals surface area contributed by atoms with Crippen molar-refractivity contribution in [2.75, 3.05) is 11.4 Å². The molecule has 0 saturated heterocycles. The van der Waals surface area contributed by atoms with E-state index in [-0.39, 0.29) is 17.7 Å². The molecule has 3 rings (SSSR count). The van der Waals surface area contributed by atoms with E-state index in [9.17, 15) is 4.79 Å². The van der Waals surface area contributed by atoms with Gasteiger partial charge in [0.15, 0.2) is 0 Å². The van der Waals surface area contributed by atoms with E-state index in [2.05, 4.69) is 18.0 Å². The van der Waals surface area contributed by atoms with Crippen LogP contribution in [0.2, 0.25) is 0 Å². The first-order chi connectivity index (χ1) is 11.6. The fraction of sp³-hybridized carbons (Fsp3) is 0.350. The molecule has 1 aromatic carbocycles. The van der Waals surface area contributed by atoms with Crippen LogP contribution in [0.1, 0.15) is 35.4 Å². The van der Waals surface area contributed by atoms with Crippen LogP contribution in [0, 0.1) is 31.1 Å². The van der Waals surface area contributed by atoms with Gasteiger partial charge in [-0.25, -0.2) is 0 Å². The van der Waals surface area contributed by atoms with E-state index in [1.165, 1.54) is 5.56 Å². The van der Waals surface area contributed by atoms with Crippen LogP contribution in [-0.4, -0.2) is 17.4 Å². The largest absolute Gasteiger partial charge is 0.311 e. The minimum absolute atomic E-state index is 0.00509. The number of aromatic nitrogens is 1. The highest BCUT2D eigenvalue weighted by atomic mass is 16.2. The molecule has 4 heteroatoms. The van der Waals surface area contributed by atoms with Crippen molar-refractivity contribution in [1.29, 1.82) is 5.26 Å². The number of benzene rings is 1. The van der Waals surface area contributed by atoms with Gasteiger partial charge < -0.3 is 4.90 Å². The predicted molar refractivity (Wildman–Crippen MR) is 93.6 cm³/mol. The molecule has 2 aromatic rings. The van der Waals surface area contributed by atoms with Gasteiger partial charge in [-0.05, 0) is 61.1 Å². The van der Waals surface area contributed by atoms with Crippen LogP contribution in [0.15, 0.2) is 42.7 Å². The van der Waals surface area contributed by atoms with Crippen LogP contribution < -0.4 is 4.90 Å². The molecule has 2 unspecified atom stereocenters. The van der Waals surface area contributed by atoms with Crippen LogP contribution in [0.5, 0.6) is 0 Å². The lowest BCUT2D eigenvalue weighted by Crippen LogP contribution is -2.33. The molecule has 1 fully saturated rings. The number of hydrogen-bond donors (Lipinski definition) is 0. The summed E-state index contributed by atoms with van der Waals surface area (Å²) in [6.07, 6.45) is 4.78. The first-order valence-corrected chi connectivity index (χ1v) is 8.27. The minimum Gasteiger partial charge on any atom is -0.311 e. The Labute approximate surface area is 142 Å². The van der Waals surface area contributed by atoms with Crippen LogP contribution >= 0.6 is 0 Å². The zero-order valence-corrected chi connectivity index (χ0v) is 14.1. The van der Waals surface area contributed by atoms with E-state index < -0.39 is 0 Å². The van der Waals surface area contributed by atoms with Crippen molar-refractivity contribution in [3.05, 3.63) is 59.4 Å². The molecule has 0 N–H and O–H groups in total. The number of aryl methyl sites for hydroxylation is 2. The van der Waals surface area contributed by atoms with E-state index in [1.807, 2.05) is 43.5 Å². The minimum atomic E-state index is -0.00509. The van der Waals surface area contributed by atoms with Gasteiger partial charge in [0.1, 0.15) is 0 Å². The number of amides is 1. The summed E-state index contributed by atoms with van der Waals surface area (Å²) >= 11 is 0. The highest BCUT2D eigenvalue weighted by molar-refractivity contribution is 5.97. The van der Waals surface area contributed by atoms with Crippen LogP contribution in [0.3, 0.4) is 0 Å². The van der Waals surface area contributed by atoms with Gasteiger partial charge in [-0.3, -0.25) is 9.78 Å². The third-order valence-corrected chi connectivity index (χ3v) is 4.74. The van der Waals surface area contributed by atoms with Crippen LogP contribution in [0.4, 0.5) is 5.69 Å². The molecule has 4 nitrogen and oxygen atoms in total. The molecule has 1 aromatic heterocycles. The SMILES string of the molecule is Cc1ccc(N(CCC#N)C(=O)C2CC2c2cccnc2)cc1C.